The van der Waals surface area contributed by atoms with Gasteiger partial charge in [0.15, 0.2) is 0 Å². The predicted octanol–water partition coefficient (Wildman–Crippen LogP) is 6.16. The summed E-state index contributed by atoms with van der Waals surface area (Å²) in [6.07, 6.45) is -10.4. The highest BCUT2D eigenvalue weighted by Crippen LogP contribution is 2.36. The highest BCUT2D eigenvalue weighted by atomic mass is 79.9. The molecule has 0 aliphatic heterocycles. The van der Waals surface area contributed by atoms with E-state index < -0.39 is 36.2 Å². The summed E-state index contributed by atoms with van der Waals surface area (Å²) in [5.41, 5.74) is -2.45. The first-order valence-corrected chi connectivity index (χ1v) is 7.78. The van der Waals surface area contributed by atoms with Gasteiger partial charge in [0.1, 0.15) is 4.60 Å². The van der Waals surface area contributed by atoms with E-state index in [9.17, 15) is 26.3 Å². The van der Waals surface area contributed by atoms with Crippen LogP contribution in [0.25, 0.3) is 0 Å². The van der Waals surface area contributed by atoms with E-state index in [2.05, 4.69) is 20.9 Å². The number of ether oxygens (including phenoxy) is 1. The van der Waals surface area contributed by atoms with Crippen molar-refractivity contribution in [3.63, 3.8) is 0 Å². The summed E-state index contributed by atoms with van der Waals surface area (Å²) in [5.74, 6) is 0. The maximum Gasteiger partial charge on any atom is 0.416 e. The molecular formula is C16H12BrF6NO. The topological polar surface area (TPSA) is 22.1 Å². The molecule has 25 heavy (non-hydrogen) atoms. The fraction of sp³-hybridized carbons (Fsp3) is 0.312. The molecule has 0 aliphatic carbocycles. The van der Waals surface area contributed by atoms with Crippen LogP contribution in [0.15, 0.2) is 41.0 Å². The predicted molar refractivity (Wildman–Crippen MR) is 81.6 cm³/mol. The third-order valence-electron chi connectivity index (χ3n) is 3.30. The van der Waals surface area contributed by atoms with Gasteiger partial charge in [-0.1, -0.05) is 6.07 Å². The molecule has 1 aromatic heterocycles. The molecule has 2 nitrogen and oxygen atoms in total. The summed E-state index contributed by atoms with van der Waals surface area (Å²) < 4.78 is 82.9. The number of halogens is 7. The standard InChI is InChI=1S/C16H12BrF6NO/c1-9(13-3-2-4-14(17)24-13)25-8-10-5-11(15(18,19)20)7-12(6-10)16(21,22)23/h2-7,9H,8H2,1H3. The zero-order valence-corrected chi connectivity index (χ0v) is 14.3. The Bertz CT molecular complexity index is 712. The lowest BCUT2D eigenvalue weighted by Gasteiger charge is -2.16. The van der Waals surface area contributed by atoms with Crippen LogP contribution in [0.5, 0.6) is 0 Å². The highest BCUT2D eigenvalue weighted by Gasteiger charge is 2.36. The summed E-state index contributed by atoms with van der Waals surface area (Å²) in [6.45, 7) is 1.19. The molecule has 1 aromatic carbocycles. The molecule has 0 aliphatic rings. The molecule has 0 saturated heterocycles. The zero-order chi connectivity index (χ0) is 18.8. The van der Waals surface area contributed by atoms with Crippen LogP contribution in [0, 0.1) is 0 Å². The van der Waals surface area contributed by atoms with Gasteiger partial charge in [0.05, 0.1) is 29.5 Å². The Kier molecular flexibility index (Phi) is 5.78. The molecule has 0 saturated carbocycles. The Morgan fingerprint density at radius 3 is 2.04 bits per heavy atom. The van der Waals surface area contributed by atoms with Crippen LogP contribution < -0.4 is 0 Å². The first-order valence-electron chi connectivity index (χ1n) is 6.99. The Labute approximate surface area is 148 Å². The largest absolute Gasteiger partial charge is 0.416 e. The quantitative estimate of drug-likeness (QED) is 0.430. The van der Waals surface area contributed by atoms with Gasteiger partial charge >= 0.3 is 12.4 Å². The first kappa shape index (κ1) is 19.7. The van der Waals surface area contributed by atoms with Crippen LogP contribution in [-0.2, 0) is 23.7 Å². The molecule has 1 heterocycles. The van der Waals surface area contributed by atoms with Crippen molar-refractivity contribution in [2.45, 2.75) is 32.0 Å². The number of hydrogen-bond acceptors (Lipinski definition) is 2. The Balaban J connectivity index is 2.23. The van der Waals surface area contributed by atoms with E-state index in [4.69, 9.17) is 4.74 Å². The summed E-state index contributed by atoms with van der Waals surface area (Å²) in [5, 5.41) is 0. The smallest absolute Gasteiger partial charge is 0.368 e. The third kappa shape index (κ3) is 5.43. The number of pyridine rings is 1. The fourth-order valence-electron chi connectivity index (χ4n) is 2.06. The summed E-state index contributed by atoms with van der Waals surface area (Å²) in [6, 6.07) is 6.40. The van der Waals surface area contributed by atoms with Gasteiger partial charge in [-0.2, -0.15) is 26.3 Å². The van der Waals surface area contributed by atoms with Crippen molar-refractivity contribution in [1.29, 1.82) is 0 Å². The molecule has 0 radical (unpaired) electrons. The Morgan fingerprint density at radius 1 is 1.00 bits per heavy atom. The van der Waals surface area contributed by atoms with Gasteiger partial charge in [0, 0.05) is 0 Å². The third-order valence-corrected chi connectivity index (χ3v) is 3.74. The summed E-state index contributed by atoms with van der Waals surface area (Å²) >= 11 is 3.17. The number of aromatic nitrogens is 1. The lowest BCUT2D eigenvalue weighted by Crippen LogP contribution is -2.12. The second-order valence-corrected chi connectivity index (χ2v) is 6.07. The van der Waals surface area contributed by atoms with Crippen molar-refractivity contribution in [2.24, 2.45) is 0 Å². The van der Waals surface area contributed by atoms with Gasteiger partial charge in [0.25, 0.3) is 0 Å². The molecule has 0 N–H and O–H groups in total. The number of benzene rings is 1. The van der Waals surface area contributed by atoms with Crippen molar-refractivity contribution >= 4 is 15.9 Å². The van der Waals surface area contributed by atoms with Gasteiger partial charge in [0.2, 0.25) is 0 Å². The molecule has 2 aromatic rings. The van der Waals surface area contributed by atoms with E-state index in [1.165, 1.54) is 0 Å². The lowest BCUT2D eigenvalue weighted by molar-refractivity contribution is -0.143. The van der Waals surface area contributed by atoms with Crippen molar-refractivity contribution in [3.05, 3.63) is 63.4 Å². The average Bonchev–Trinajstić information content (AvgIpc) is 2.50. The SMILES string of the molecule is CC(OCc1cc(C(F)(F)F)cc(C(F)(F)F)c1)c1cccc(Br)n1. The average molecular weight is 428 g/mol. The molecule has 0 bridgehead atoms. The van der Waals surface area contributed by atoms with Crippen LogP contribution in [0.3, 0.4) is 0 Å². The monoisotopic (exact) mass is 427 g/mol. The second-order valence-electron chi connectivity index (χ2n) is 5.25. The minimum absolute atomic E-state index is 0.0861. The first-order chi connectivity index (χ1) is 11.5. The minimum Gasteiger partial charge on any atom is -0.368 e. The van der Waals surface area contributed by atoms with E-state index >= 15 is 0 Å². The highest BCUT2D eigenvalue weighted by molar-refractivity contribution is 9.10. The molecule has 136 valence electrons. The second kappa shape index (κ2) is 7.33. The van der Waals surface area contributed by atoms with E-state index in [0.717, 1.165) is 0 Å². The Hall–Kier alpha value is -1.61. The van der Waals surface area contributed by atoms with Gasteiger partial charge in [-0.25, -0.2) is 4.98 Å². The summed E-state index contributed by atoms with van der Waals surface area (Å²) in [4.78, 5) is 4.13. The van der Waals surface area contributed by atoms with Crippen molar-refractivity contribution < 1.29 is 31.1 Å². The molecule has 9 heteroatoms. The van der Waals surface area contributed by atoms with E-state index in [1.54, 1.807) is 25.1 Å². The maximum absolute atomic E-state index is 12.8. The Morgan fingerprint density at radius 2 is 1.56 bits per heavy atom. The van der Waals surface area contributed by atoms with Crippen LogP contribution in [-0.4, -0.2) is 4.98 Å². The lowest BCUT2D eigenvalue weighted by atomic mass is 10.1. The molecule has 0 spiro atoms. The molecule has 1 atom stereocenters. The van der Waals surface area contributed by atoms with Crippen LogP contribution >= 0.6 is 15.9 Å². The number of hydrogen-bond donors (Lipinski definition) is 0. The molecule has 2 rings (SSSR count). The fourth-order valence-corrected chi connectivity index (χ4v) is 2.42. The van der Waals surface area contributed by atoms with Gasteiger partial charge in [-0.05, 0) is 58.7 Å². The number of nitrogens with zero attached hydrogens (tertiary/aromatic N) is 1. The van der Waals surface area contributed by atoms with E-state index in [1.807, 2.05) is 0 Å². The molecular weight excluding hydrogens is 416 g/mol. The number of alkyl halides is 6. The van der Waals surface area contributed by atoms with Crippen molar-refractivity contribution in [3.8, 4) is 0 Å². The van der Waals surface area contributed by atoms with Crippen LogP contribution in [0.4, 0.5) is 26.3 Å². The number of rotatable bonds is 4. The van der Waals surface area contributed by atoms with Gasteiger partial charge in [-0.3, -0.25) is 0 Å². The van der Waals surface area contributed by atoms with E-state index in [0.29, 0.717) is 22.4 Å². The minimum atomic E-state index is -4.88. The van der Waals surface area contributed by atoms with Gasteiger partial charge < -0.3 is 4.74 Å². The van der Waals surface area contributed by atoms with Crippen LogP contribution in [0.1, 0.15) is 35.4 Å². The van der Waals surface area contributed by atoms with Crippen molar-refractivity contribution in [2.75, 3.05) is 0 Å². The summed E-state index contributed by atoms with van der Waals surface area (Å²) in [7, 11) is 0. The molecule has 0 fully saturated rings. The van der Waals surface area contributed by atoms with Gasteiger partial charge in [-0.15, -0.1) is 0 Å². The molecule has 1 unspecified atom stereocenters. The maximum atomic E-state index is 12.8. The van der Waals surface area contributed by atoms with Crippen molar-refractivity contribution in [1.82, 2.24) is 4.98 Å². The molecule has 0 amide bonds. The van der Waals surface area contributed by atoms with Crippen LogP contribution in [0.2, 0.25) is 0 Å². The van der Waals surface area contributed by atoms with E-state index in [-0.39, 0.29) is 11.6 Å². The zero-order valence-electron chi connectivity index (χ0n) is 12.7. The normalized spacial score (nSPS) is 13.8.